The molecule has 1 aliphatic carbocycles. The zero-order valence-corrected chi connectivity index (χ0v) is 9.69. The van der Waals surface area contributed by atoms with Crippen molar-refractivity contribution in [3.8, 4) is 0 Å². The summed E-state index contributed by atoms with van der Waals surface area (Å²) in [6.45, 7) is 5.32. The summed E-state index contributed by atoms with van der Waals surface area (Å²) in [5.74, 6) is 0.654. The Bertz CT molecular complexity index is 128. The van der Waals surface area contributed by atoms with Crippen LogP contribution in [-0.2, 0) is 4.74 Å². The molecule has 0 spiro atoms. The Kier molecular flexibility index (Phi) is 4.04. The molecular weight excluding hydrogens is 216 g/mol. The second-order valence-electron chi connectivity index (χ2n) is 4.23. The normalized spacial score (nSPS) is 22.0. The molecule has 2 heteroatoms. The first-order valence-electron chi connectivity index (χ1n) is 4.88. The van der Waals surface area contributed by atoms with Crippen molar-refractivity contribution >= 4 is 15.9 Å². The van der Waals surface area contributed by atoms with Gasteiger partial charge in [-0.25, -0.2) is 0 Å². The van der Waals surface area contributed by atoms with Crippen molar-refractivity contribution < 1.29 is 4.74 Å². The van der Waals surface area contributed by atoms with Crippen molar-refractivity contribution in [2.45, 2.75) is 45.1 Å². The minimum atomic E-state index is 0.185. The van der Waals surface area contributed by atoms with Crippen molar-refractivity contribution in [1.82, 2.24) is 0 Å². The lowest BCUT2D eigenvalue weighted by atomic mass is 10.1. The van der Waals surface area contributed by atoms with Gasteiger partial charge in [-0.3, -0.25) is 0 Å². The summed E-state index contributed by atoms with van der Waals surface area (Å²) in [5.41, 5.74) is 0.185. The van der Waals surface area contributed by atoms with E-state index in [4.69, 9.17) is 4.74 Å². The zero-order valence-electron chi connectivity index (χ0n) is 8.11. The summed E-state index contributed by atoms with van der Waals surface area (Å²) in [5, 5.41) is 1.01. The minimum absolute atomic E-state index is 0.185. The molecule has 0 bridgehead atoms. The van der Waals surface area contributed by atoms with E-state index in [1.54, 1.807) is 0 Å². The van der Waals surface area contributed by atoms with Gasteiger partial charge in [-0.1, -0.05) is 42.6 Å². The molecule has 1 fully saturated rings. The molecule has 0 saturated heterocycles. The third-order valence-electron chi connectivity index (χ3n) is 2.48. The maximum Gasteiger partial charge on any atom is 0.0779 e. The van der Waals surface area contributed by atoms with Gasteiger partial charge in [-0.2, -0.15) is 0 Å². The molecule has 1 aliphatic rings. The predicted molar refractivity (Wildman–Crippen MR) is 55.8 cm³/mol. The molecule has 0 unspecified atom stereocenters. The summed E-state index contributed by atoms with van der Waals surface area (Å²) in [4.78, 5) is 0. The summed E-state index contributed by atoms with van der Waals surface area (Å²) >= 11 is 3.56. The van der Waals surface area contributed by atoms with E-state index in [2.05, 4.69) is 29.8 Å². The van der Waals surface area contributed by atoms with E-state index < -0.39 is 0 Å². The fourth-order valence-corrected chi connectivity index (χ4v) is 2.40. The van der Waals surface area contributed by atoms with E-state index in [1.165, 1.54) is 25.7 Å². The van der Waals surface area contributed by atoms with Crippen LogP contribution in [0.2, 0.25) is 0 Å². The largest absolute Gasteiger partial charge is 0.374 e. The van der Waals surface area contributed by atoms with E-state index in [0.717, 1.165) is 11.9 Å². The number of ether oxygens (including phenoxy) is 1. The Morgan fingerprint density at radius 1 is 1.33 bits per heavy atom. The molecule has 0 aromatic heterocycles. The van der Waals surface area contributed by atoms with Gasteiger partial charge in [-0.05, 0) is 18.8 Å². The highest BCUT2D eigenvalue weighted by Gasteiger charge is 2.33. The van der Waals surface area contributed by atoms with Gasteiger partial charge in [0.15, 0.2) is 0 Å². The quantitative estimate of drug-likeness (QED) is 0.679. The molecule has 0 aromatic carbocycles. The Labute approximate surface area is 84.0 Å². The maximum absolute atomic E-state index is 5.95. The summed E-state index contributed by atoms with van der Waals surface area (Å²) in [6, 6.07) is 0. The van der Waals surface area contributed by atoms with E-state index >= 15 is 0 Å². The smallest absolute Gasteiger partial charge is 0.0779 e. The van der Waals surface area contributed by atoms with Gasteiger partial charge < -0.3 is 4.74 Å². The van der Waals surface area contributed by atoms with Gasteiger partial charge in [0.1, 0.15) is 0 Å². The van der Waals surface area contributed by atoms with Gasteiger partial charge >= 0.3 is 0 Å². The van der Waals surface area contributed by atoms with E-state index in [-0.39, 0.29) is 5.60 Å². The van der Waals surface area contributed by atoms with E-state index in [0.29, 0.717) is 5.92 Å². The molecule has 0 amide bonds. The van der Waals surface area contributed by atoms with E-state index in [1.807, 2.05) is 0 Å². The first kappa shape index (κ1) is 10.5. The summed E-state index contributed by atoms with van der Waals surface area (Å²) in [6.07, 6.45) is 5.16. The summed E-state index contributed by atoms with van der Waals surface area (Å²) in [7, 11) is 0. The van der Waals surface area contributed by atoms with Crippen LogP contribution in [0.5, 0.6) is 0 Å². The van der Waals surface area contributed by atoms with Gasteiger partial charge in [-0.15, -0.1) is 0 Å². The average Bonchev–Trinajstić information content (AvgIpc) is 2.50. The summed E-state index contributed by atoms with van der Waals surface area (Å²) < 4.78 is 5.95. The van der Waals surface area contributed by atoms with Crippen LogP contribution in [0.3, 0.4) is 0 Å². The number of hydrogen-bond donors (Lipinski definition) is 0. The predicted octanol–water partition coefficient (Wildman–Crippen LogP) is 3.37. The van der Waals surface area contributed by atoms with Crippen LogP contribution in [0.15, 0.2) is 0 Å². The number of rotatable bonds is 4. The van der Waals surface area contributed by atoms with Crippen LogP contribution in [0.1, 0.15) is 39.5 Å². The van der Waals surface area contributed by atoms with Gasteiger partial charge in [0, 0.05) is 11.9 Å². The molecular formula is C10H19BrO. The number of halogens is 1. The van der Waals surface area contributed by atoms with Crippen molar-refractivity contribution in [1.29, 1.82) is 0 Å². The fourth-order valence-electron chi connectivity index (χ4n) is 1.68. The maximum atomic E-state index is 5.95. The molecule has 0 radical (unpaired) electrons. The third kappa shape index (κ3) is 2.74. The SMILES string of the molecule is CC(C)COC1(CBr)CCCC1. The number of alkyl halides is 1. The van der Waals surface area contributed by atoms with Gasteiger partial charge in [0.2, 0.25) is 0 Å². The second-order valence-corrected chi connectivity index (χ2v) is 4.79. The molecule has 12 heavy (non-hydrogen) atoms. The monoisotopic (exact) mass is 234 g/mol. The van der Waals surface area contributed by atoms with Crippen LogP contribution in [-0.4, -0.2) is 17.5 Å². The Morgan fingerprint density at radius 3 is 2.33 bits per heavy atom. The molecule has 0 aromatic rings. The van der Waals surface area contributed by atoms with Crippen LogP contribution in [0, 0.1) is 5.92 Å². The fraction of sp³-hybridized carbons (Fsp3) is 1.00. The first-order chi connectivity index (χ1) is 5.68. The third-order valence-corrected chi connectivity index (χ3v) is 3.50. The molecule has 1 rings (SSSR count). The van der Waals surface area contributed by atoms with E-state index in [9.17, 15) is 0 Å². The Hall–Kier alpha value is 0.440. The van der Waals surface area contributed by atoms with Gasteiger partial charge in [0.25, 0.3) is 0 Å². The zero-order chi connectivity index (χ0) is 9.03. The van der Waals surface area contributed by atoms with Crippen LogP contribution in [0.4, 0.5) is 0 Å². The van der Waals surface area contributed by atoms with Crippen LogP contribution >= 0.6 is 15.9 Å². The van der Waals surface area contributed by atoms with Gasteiger partial charge in [0.05, 0.1) is 5.60 Å². The highest BCUT2D eigenvalue weighted by atomic mass is 79.9. The molecule has 0 atom stereocenters. The second kappa shape index (κ2) is 4.61. The molecule has 0 heterocycles. The van der Waals surface area contributed by atoms with Crippen molar-refractivity contribution in [3.05, 3.63) is 0 Å². The number of hydrogen-bond acceptors (Lipinski definition) is 1. The lowest BCUT2D eigenvalue weighted by Crippen LogP contribution is -2.32. The lowest BCUT2D eigenvalue weighted by Gasteiger charge is -2.28. The van der Waals surface area contributed by atoms with Crippen LogP contribution < -0.4 is 0 Å². The van der Waals surface area contributed by atoms with Crippen LogP contribution in [0.25, 0.3) is 0 Å². The highest BCUT2D eigenvalue weighted by Crippen LogP contribution is 2.34. The lowest BCUT2D eigenvalue weighted by molar-refractivity contribution is -0.0340. The van der Waals surface area contributed by atoms with Crippen molar-refractivity contribution in [2.24, 2.45) is 5.92 Å². The average molecular weight is 235 g/mol. The Balaban J connectivity index is 2.34. The first-order valence-corrected chi connectivity index (χ1v) is 6.01. The minimum Gasteiger partial charge on any atom is -0.374 e. The molecule has 1 saturated carbocycles. The van der Waals surface area contributed by atoms with Crippen molar-refractivity contribution in [3.63, 3.8) is 0 Å². The highest BCUT2D eigenvalue weighted by molar-refractivity contribution is 9.09. The topological polar surface area (TPSA) is 9.23 Å². The molecule has 72 valence electrons. The Morgan fingerprint density at radius 2 is 1.92 bits per heavy atom. The van der Waals surface area contributed by atoms with Crippen molar-refractivity contribution in [2.75, 3.05) is 11.9 Å². The standard InChI is InChI=1S/C10H19BrO/c1-9(2)7-12-10(8-11)5-3-4-6-10/h9H,3-8H2,1-2H3. The molecule has 0 N–H and O–H groups in total. The molecule has 0 aliphatic heterocycles. The molecule has 1 nitrogen and oxygen atoms in total.